The van der Waals surface area contributed by atoms with Crippen LogP contribution in [0.1, 0.15) is 0 Å². The summed E-state index contributed by atoms with van der Waals surface area (Å²) in [4.78, 5) is 7.42. The van der Waals surface area contributed by atoms with Crippen LogP contribution in [0.4, 0.5) is 17.1 Å². The Balaban J connectivity index is 1.24. The lowest BCUT2D eigenvalue weighted by atomic mass is 9.96. The number of anilines is 3. The fourth-order valence-electron chi connectivity index (χ4n) is 8.52. The van der Waals surface area contributed by atoms with Gasteiger partial charge >= 0.3 is 0 Å². The number of hydrogen-bond acceptors (Lipinski definition) is 3. The molecule has 0 aliphatic carbocycles. The Bertz CT molecular complexity index is 3240. The van der Waals surface area contributed by atoms with Crippen LogP contribution in [-0.2, 0) is 0 Å². The van der Waals surface area contributed by atoms with E-state index in [0.29, 0.717) is 5.89 Å². The van der Waals surface area contributed by atoms with Gasteiger partial charge in [0, 0.05) is 49.5 Å². The smallest absolute Gasteiger partial charge is 0.227 e. The molecule has 0 aliphatic rings. The lowest BCUT2D eigenvalue weighted by Crippen LogP contribution is -2.13. The molecule has 0 unspecified atom stereocenters. The van der Waals surface area contributed by atoms with Crippen LogP contribution in [0.2, 0.25) is 0 Å². The van der Waals surface area contributed by atoms with E-state index in [1.165, 1.54) is 27.2 Å². The summed E-state index contributed by atoms with van der Waals surface area (Å²) in [5.41, 5.74) is 13.5. The largest absolute Gasteiger partial charge is 0.435 e. The van der Waals surface area contributed by atoms with Crippen LogP contribution in [0.3, 0.4) is 0 Å². The van der Waals surface area contributed by atoms with E-state index >= 15 is 0 Å². The van der Waals surface area contributed by atoms with Crippen LogP contribution in [-0.4, -0.2) is 9.55 Å². The molecule has 0 N–H and O–H groups in total. The molecule has 4 heteroatoms. The molecule has 0 aliphatic heterocycles. The monoisotopic (exact) mass is 729 g/mol. The Morgan fingerprint density at radius 3 is 1.72 bits per heavy atom. The van der Waals surface area contributed by atoms with E-state index in [1.807, 2.05) is 36.4 Å². The molecule has 11 aromatic rings. The second kappa shape index (κ2) is 13.6. The topological polar surface area (TPSA) is 34.2 Å². The fraction of sp³-hybridized carbons (Fsp3) is 0. The van der Waals surface area contributed by atoms with E-state index in [9.17, 15) is 0 Å². The third kappa shape index (κ3) is 5.42. The van der Waals surface area contributed by atoms with Gasteiger partial charge in [-0.25, -0.2) is 4.98 Å². The zero-order chi connectivity index (χ0) is 37.7. The van der Waals surface area contributed by atoms with Crippen molar-refractivity contribution in [1.82, 2.24) is 9.55 Å². The van der Waals surface area contributed by atoms with E-state index in [2.05, 4.69) is 185 Å². The van der Waals surface area contributed by atoms with Gasteiger partial charge in [0.1, 0.15) is 5.52 Å². The minimum absolute atomic E-state index is 0.605. The van der Waals surface area contributed by atoms with Gasteiger partial charge in [-0.1, -0.05) is 158 Å². The van der Waals surface area contributed by atoms with E-state index in [1.54, 1.807) is 0 Å². The first-order valence-electron chi connectivity index (χ1n) is 19.3. The van der Waals surface area contributed by atoms with Gasteiger partial charge in [0.25, 0.3) is 0 Å². The third-order valence-electron chi connectivity index (χ3n) is 11.0. The van der Waals surface area contributed by atoms with Crippen LogP contribution in [0.15, 0.2) is 217 Å². The van der Waals surface area contributed by atoms with Crippen molar-refractivity contribution in [2.45, 2.75) is 0 Å². The normalized spacial score (nSPS) is 11.5. The molecule has 2 aromatic heterocycles. The second-order valence-electron chi connectivity index (χ2n) is 14.3. The van der Waals surface area contributed by atoms with Crippen LogP contribution in [0.5, 0.6) is 0 Å². The first-order chi connectivity index (χ1) is 28.3. The number of para-hydroxylation sites is 5. The molecule has 11 rings (SSSR count). The van der Waals surface area contributed by atoms with E-state index in [-0.39, 0.29) is 0 Å². The molecule has 2 heterocycles. The van der Waals surface area contributed by atoms with Crippen molar-refractivity contribution in [2.75, 3.05) is 4.90 Å². The average Bonchev–Trinajstić information content (AvgIpc) is 3.88. The average molecular weight is 730 g/mol. The maximum absolute atomic E-state index is 6.67. The van der Waals surface area contributed by atoms with Gasteiger partial charge in [-0.15, -0.1) is 0 Å². The standard InChI is InChI=1S/C53H35N3O/c1-4-19-36(20-5-1)39-25-12-15-32-47(39)56(49-34-17-13-27-41(49)44-30-18-31-46-52(44)57-53(54-46)37-21-6-2-7-22-37)50-35-45-42-28-14-16-33-48(42)55(38-23-8-3-9-24-38)51(45)43-29-11-10-26-40(43)50/h1-35H. The number of fused-ring (bicyclic) bond motifs is 6. The number of benzene rings is 9. The molecular weight excluding hydrogens is 695 g/mol. The second-order valence-corrected chi connectivity index (χ2v) is 14.3. The van der Waals surface area contributed by atoms with Gasteiger partial charge in [-0.05, 0) is 60.2 Å². The van der Waals surface area contributed by atoms with Crippen LogP contribution >= 0.6 is 0 Å². The molecule has 0 saturated heterocycles. The summed E-state index contributed by atoms with van der Waals surface area (Å²) in [7, 11) is 0. The minimum atomic E-state index is 0.605. The van der Waals surface area contributed by atoms with Crippen LogP contribution < -0.4 is 4.90 Å². The summed E-state index contributed by atoms with van der Waals surface area (Å²) in [6.45, 7) is 0. The molecule has 0 spiro atoms. The molecule has 0 bridgehead atoms. The Morgan fingerprint density at radius 1 is 0.404 bits per heavy atom. The van der Waals surface area contributed by atoms with Gasteiger partial charge in [0.2, 0.25) is 5.89 Å². The molecule has 0 atom stereocenters. The summed E-state index contributed by atoms with van der Waals surface area (Å²) in [6.07, 6.45) is 0. The Morgan fingerprint density at radius 2 is 0.965 bits per heavy atom. The molecule has 0 amide bonds. The maximum Gasteiger partial charge on any atom is 0.227 e. The molecule has 0 saturated carbocycles. The van der Waals surface area contributed by atoms with Crippen molar-refractivity contribution < 1.29 is 4.42 Å². The van der Waals surface area contributed by atoms with Gasteiger partial charge in [0.05, 0.1) is 28.1 Å². The molecule has 268 valence electrons. The molecule has 0 radical (unpaired) electrons. The summed E-state index contributed by atoms with van der Waals surface area (Å²) < 4.78 is 9.09. The summed E-state index contributed by atoms with van der Waals surface area (Å²) >= 11 is 0. The van der Waals surface area contributed by atoms with Crippen molar-refractivity contribution in [3.8, 4) is 39.4 Å². The zero-order valence-corrected chi connectivity index (χ0v) is 31.0. The van der Waals surface area contributed by atoms with Crippen molar-refractivity contribution >= 4 is 60.7 Å². The number of rotatable bonds is 7. The molecule has 57 heavy (non-hydrogen) atoms. The predicted molar refractivity (Wildman–Crippen MR) is 237 cm³/mol. The van der Waals surface area contributed by atoms with Crippen molar-refractivity contribution in [1.29, 1.82) is 0 Å². The Labute approximate surface area is 330 Å². The molecular formula is C53H35N3O. The lowest BCUT2D eigenvalue weighted by molar-refractivity contribution is 0.621. The predicted octanol–water partition coefficient (Wildman–Crippen LogP) is 14.5. The van der Waals surface area contributed by atoms with Crippen molar-refractivity contribution in [3.63, 3.8) is 0 Å². The highest BCUT2D eigenvalue weighted by atomic mass is 16.3. The Kier molecular flexibility index (Phi) is 7.78. The number of nitrogens with zero attached hydrogens (tertiary/aromatic N) is 3. The van der Waals surface area contributed by atoms with E-state index in [4.69, 9.17) is 9.40 Å². The van der Waals surface area contributed by atoms with E-state index in [0.717, 1.165) is 67.1 Å². The number of hydrogen-bond donors (Lipinski definition) is 0. The quantitative estimate of drug-likeness (QED) is 0.164. The van der Waals surface area contributed by atoms with Crippen molar-refractivity contribution in [3.05, 3.63) is 212 Å². The highest BCUT2D eigenvalue weighted by Gasteiger charge is 2.26. The highest BCUT2D eigenvalue weighted by Crippen LogP contribution is 2.50. The lowest BCUT2D eigenvalue weighted by Gasteiger charge is -2.31. The van der Waals surface area contributed by atoms with Crippen LogP contribution in [0, 0.1) is 0 Å². The van der Waals surface area contributed by atoms with Crippen LogP contribution in [0.25, 0.3) is 83.1 Å². The fourth-order valence-corrected chi connectivity index (χ4v) is 8.52. The zero-order valence-electron chi connectivity index (χ0n) is 31.0. The highest BCUT2D eigenvalue weighted by molar-refractivity contribution is 6.23. The maximum atomic E-state index is 6.67. The molecule has 9 aromatic carbocycles. The van der Waals surface area contributed by atoms with Gasteiger partial charge in [-0.2, -0.15) is 0 Å². The molecule has 4 nitrogen and oxygen atoms in total. The first-order valence-corrected chi connectivity index (χ1v) is 19.3. The number of aromatic nitrogens is 2. The minimum Gasteiger partial charge on any atom is -0.435 e. The van der Waals surface area contributed by atoms with Gasteiger partial charge in [0.15, 0.2) is 5.58 Å². The van der Waals surface area contributed by atoms with E-state index < -0.39 is 0 Å². The number of oxazole rings is 1. The Hall–Kier alpha value is -7.69. The van der Waals surface area contributed by atoms with Gasteiger partial charge in [-0.3, -0.25) is 0 Å². The summed E-state index contributed by atoms with van der Waals surface area (Å²) in [5.74, 6) is 0.605. The third-order valence-corrected chi connectivity index (χ3v) is 11.0. The van der Waals surface area contributed by atoms with Gasteiger partial charge < -0.3 is 13.9 Å². The first kappa shape index (κ1) is 32.7. The summed E-state index contributed by atoms with van der Waals surface area (Å²) in [6, 6.07) is 75.2. The van der Waals surface area contributed by atoms with Crippen molar-refractivity contribution in [2.24, 2.45) is 0 Å². The molecule has 0 fully saturated rings. The SMILES string of the molecule is c1ccc(-c2nc3cccc(-c4ccccc4N(c4ccccc4-c4ccccc4)c4cc5c6ccccc6n(-c6ccccc6)c5c5ccccc45)c3o2)cc1. The summed E-state index contributed by atoms with van der Waals surface area (Å²) in [5, 5.41) is 4.71.